The number of imidazole rings is 1. The minimum absolute atomic E-state index is 0.0773. The zero-order valence-corrected chi connectivity index (χ0v) is 16.3. The van der Waals surface area contributed by atoms with Crippen LogP contribution < -0.4 is 10.1 Å². The number of rotatable bonds is 4. The highest BCUT2D eigenvalue weighted by Gasteiger charge is 2.23. The second-order valence-electron chi connectivity index (χ2n) is 6.95. The maximum atomic E-state index is 14.4. The molecule has 2 aromatic heterocycles. The molecule has 0 saturated heterocycles. The Morgan fingerprint density at radius 2 is 2.00 bits per heavy atom. The van der Waals surface area contributed by atoms with Gasteiger partial charge in [-0.3, -0.25) is 4.79 Å². The van der Waals surface area contributed by atoms with Gasteiger partial charge in [0.25, 0.3) is 0 Å². The summed E-state index contributed by atoms with van der Waals surface area (Å²) in [6, 6.07) is 8.57. The Morgan fingerprint density at radius 1 is 1.13 bits per heavy atom. The molecule has 1 amide bonds. The van der Waals surface area contributed by atoms with E-state index in [0.29, 0.717) is 54.2 Å². The average molecular weight is 422 g/mol. The van der Waals surface area contributed by atoms with Gasteiger partial charge in [0, 0.05) is 24.0 Å². The molecule has 1 N–H and O–H groups in total. The molecule has 0 fully saturated rings. The Hall–Kier alpha value is -4.08. The standard InChI is InChI=1S/C21H16F2N6O2/c1-12-25-21(29(27-12)18-5-2-13(22)8-16(18)23)17-10-28-6-7-31-19-9-14(24-11-30)3-4-15(19)20(28)26-17/h2-5,8-11H,6-7H2,1H3,(H,24,30). The van der Waals surface area contributed by atoms with Crippen molar-refractivity contribution < 1.29 is 18.3 Å². The summed E-state index contributed by atoms with van der Waals surface area (Å²) in [7, 11) is 0. The summed E-state index contributed by atoms with van der Waals surface area (Å²) in [5, 5.41) is 6.88. The number of aryl methyl sites for hydroxylation is 1. The molecular weight excluding hydrogens is 406 g/mol. The number of hydrogen-bond donors (Lipinski definition) is 1. The van der Waals surface area contributed by atoms with Gasteiger partial charge in [-0.2, -0.15) is 5.10 Å². The third kappa shape index (κ3) is 3.31. The van der Waals surface area contributed by atoms with Gasteiger partial charge < -0.3 is 14.6 Å². The Labute approximate surface area is 175 Å². The molecule has 4 aromatic rings. The summed E-state index contributed by atoms with van der Waals surface area (Å²) in [6.45, 7) is 2.62. The van der Waals surface area contributed by atoms with Crippen molar-refractivity contribution >= 4 is 12.1 Å². The Bertz CT molecular complexity index is 1310. The molecule has 0 radical (unpaired) electrons. The summed E-state index contributed by atoms with van der Waals surface area (Å²) in [4.78, 5) is 19.9. The van der Waals surface area contributed by atoms with Gasteiger partial charge in [-0.15, -0.1) is 0 Å². The number of aromatic nitrogens is 5. The molecule has 0 spiro atoms. The van der Waals surface area contributed by atoms with Crippen LogP contribution in [0.15, 0.2) is 42.6 Å². The van der Waals surface area contributed by atoms with Gasteiger partial charge in [-0.05, 0) is 31.2 Å². The molecule has 31 heavy (non-hydrogen) atoms. The van der Waals surface area contributed by atoms with Crippen molar-refractivity contribution in [2.45, 2.75) is 13.5 Å². The van der Waals surface area contributed by atoms with Gasteiger partial charge in [0.1, 0.15) is 41.2 Å². The number of ether oxygens (including phenoxy) is 1. The average Bonchev–Trinajstić information content (AvgIpc) is 3.28. The van der Waals surface area contributed by atoms with Crippen LogP contribution in [0.25, 0.3) is 28.6 Å². The fourth-order valence-corrected chi connectivity index (χ4v) is 3.55. The minimum Gasteiger partial charge on any atom is -0.491 e. The highest BCUT2D eigenvalue weighted by Crippen LogP contribution is 2.35. The fraction of sp³-hybridized carbons (Fsp3) is 0.143. The second kappa shape index (κ2) is 7.31. The van der Waals surface area contributed by atoms with Crippen LogP contribution >= 0.6 is 0 Å². The van der Waals surface area contributed by atoms with Crippen LogP contribution in [0.1, 0.15) is 5.82 Å². The molecule has 156 valence electrons. The molecule has 0 bridgehead atoms. The first-order valence-electron chi connectivity index (χ1n) is 9.47. The smallest absolute Gasteiger partial charge is 0.211 e. The van der Waals surface area contributed by atoms with E-state index in [1.54, 1.807) is 25.3 Å². The highest BCUT2D eigenvalue weighted by molar-refractivity contribution is 5.77. The summed E-state index contributed by atoms with van der Waals surface area (Å²) in [6.07, 6.45) is 2.40. The summed E-state index contributed by atoms with van der Waals surface area (Å²) < 4.78 is 36.8. The van der Waals surface area contributed by atoms with Crippen LogP contribution in [-0.4, -0.2) is 37.3 Å². The number of hydrogen-bond acceptors (Lipinski definition) is 5. The van der Waals surface area contributed by atoms with Crippen molar-refractivity contribution in [3.8, 4) is 34.3 Å². The van der Waals surface area contributed by atoms with Crippen LogP contribution in [-0.2, 0) is 11.3 Å². The van der Waals surface area contributed by atoms with Crippen LogP contribution in [0.5, 0.6) is 5.75 Å². The molecule has 0 aliphatic carbocycles. The number of nitrogens with one attached hydrogen (secondary N) is 1. The lowest BCUT2D eigenvalue weighted by Crippen LogP contribution is -2.05. The predicted molar refractivity (Wildman–Crippen MR) is 108 cm³/mol. The lowest BCUT2D eigenvalue weighted by atomic mass is 10.1. The highest BCUT2D eigenvalue weighted by atomic mass is 19.1. The SMILES string of the molecule is Cc1nc(-c2cn3c(n2)-c2ccc(NC=O)cc2OCC3)n(-c2ccc(F)cc2F)n1. The van der Waals surface area contributed by atoms with Gasteiger partial charge in [0.15, 0.2) is 11.6 Å². The lowest BCUT2D eigenvalue weighted by molar-refractivity contribution is -0.105. The third-order valence-electron chi connectivity index (χ3n) is 4.89. The molecule has 1 aliphatic heterocycles. The molecule has 8 nitrogen and oxygen atoms in total. The second-order valence-corrected chi connectivity index (χ2v) is 6.95. The molecule has 1 aliphatic rings. The van der Waals surface area contributed by atoms with Crippen molar-refractivity contribution in [3.05, 3.63) is 60.1 Å². The number of carbonyl (C=O) groups is 1. The summed E-state index contributed by atoms with van der Waals surface area (Å²) in [5.41, 5.74) is 1.92. The van der Waals surface area contributed by atoms with Gasteiger partial charge in [0.05, 0.1) is 12.1 Å². The van der Waals surface area contributed by atoms with E-state index in [-0.39, 0.29) is 5.69 Å². The molecule has 0 unspecified atom stereocenters. The maximum Gasteiger partial charge on any atom is 0.211 e. The van der Waals surface area contributed by atoms with Crippen molar-refractivity contribution in [2.24, 2.45) is 0 Å². The largest absolute Gasteiger partial charge is 0.491 e. The Balaban J connectivity index is 1.63. The van der Waals surface area contributed by atoms with E-state index in [4.69, 9.17) is 9.72 Å². The third-order valence-corrected chi connectivity index (χ3v) is 4.89. The number of nitrogens with zero attached hydrogens (tertiary/aromatic N) is 5. The summed E-state index contributed by atoms with van der Waals surface area (Å²) >= 11 is 0. The number of benzene rings is 2. The number of halogens is 2. The van der Waals surface area contributed by atoms with E-state index in [0.717, 1.165) is 11.6 Å². The van der Waals surface area contributed by atoms with E-state index in [1.807, 2.05) is 10.6 Å². The molecular formula is C21H16F2N6O2. The summed E-state index contributed by atoms with van der Waals surface area (Å²) in [5.74, 6) is 0.576. The normalized spacial score (nSPS) is 12.5. The molecule has 2 aromatic carbocycles. The molecule has 5 rings (SSSR count). The first-order chi connectivity index (χ1) is 15.0. The topological polar surface area (TPSA) is 86.9 Å². The van der Waals surface area contributed by atoms with Gasteiger partial charge >= 0.3 is 0 Å². The fourth-order valence-electron chi connectivity index (χ4n) is 3.55. The van der Waals surface area contributed by atoms with E-state index in [9.17, 15) is 13.6 Å². The van der Waals surface area contributed by atoms with Crippen molar-refractivity contribution in [2.75, 3.05) is 11.9 Å². The quantitative estimate of drug-likeness (QED) is 0.510. The van der Waals surface area contributed by atoms with E-state index >= 15 is 0 Å². The monoisotopic (exact) mass is 422 g/mol. The molecule has 0 saturated carbocycles. The Kier molecular flexibility index (Phi) is 4.46. The first-order valence-corrected chi connectivity index (χ1v) is 9.47. The zero-order chi connectivity index (χ0) is 21.5. The minimum atomic E-state index is -0.749. The van der Waals surface area contributed by atoms with Crippen molar-refractivity contribution in [1.82, 2.24) is 24.3 Å². The predicted octanol–water partition coefficient (Wildman–Crippen LogP) is 3.35. The number of carbonyl (C=O) groups excluding carboxylic acids is 1. The lowest BCUT2D eigenvalue weighted by Gasteiger charge is -2.08. The zero-order valence-electron chi connectivity index (χ0n) is 16.3. The maximum absolute atomic E-state index is 14.4. The van der Waals surface area contributed by atoms with Crippen molar-refractivity contribution in [1.29, 1.82) is 0 Å². The Morgan fingerprint density at radius 3 is 2.81 bits per heavy atom. The first kappa shape index (κ1) is 18.9. The number of fused-ring (bicyclic) bond motifs is 3. The van der Waals surface area contributed by atoms with Gasteiger partial charge in [-0.25, -0.2) is 23.4 Å². The molecule has 10 heteroatoms. The number of amides is 1. The van der Waals surface area contributed by atoms with Crippen LogP contribution in [0.2, 0.25) is 0 Å². The van der Waals surface area contributed by atoms with Crippen molar-refractivity contribution in [3.63, 3.8) is 0 Å². The van der Waals surface area contributed by atoms with Crippen LogP contribution in [0.3, 0.4) is 0 Å². The van der Waals surface area contributed by atoms with E-state index in [1.165, 1.54) is 16.8 Å². The van der Waals surface area contributed by atoms with E-state index in [2.05, 4.69) is 15.4 Å². The van der Waals surface area contributed by atoms with Crippen LogP contribution in [0, 0.1) is 18.6 Å². The van der Waals surface area contributed by atoms with Crippen LogP contribution in [0.4, 0.5) is 14.5 Å². The molecule has 3 heterocycles. The number of anilines is 1. The molecule has 0 atom stereocenters. The van der Waals surface area contributed by atoms with E-state index < -0.39 is 11.6 Å². The van der Waals surface area contributed by atoms with Gasteiger partial charge in [-0.1, -0.05) is 0 Å². The van der Waals surface area contributed by atoms with Gasteiger partial charge in [0.2, 0.25) is 6.41 Å².